The molecule has 36 heavy (non-hydrogen) atoms. The average molecular weight is 514 g/mol. The number of amides is 2. The molecule has 2 aromatic rings. The van der Waals surface area contributed by atoms with E-state index in [1.54, 1.807) is 23.1 Å². The van der Waals surface area contributed by atoms with Gasteiger partial charge in [0, 0.05) is 30.9 Å². The van der Waals surface area contributed by atoms with Crippen molar-refractivity contribution in [3.63, 3.8) is 0 Å². The Morgan fingerprint density at radius 1 is 1.08 bits per heavy atom. The number of fused-ring (bicyclic) bond motifs is 1. The first-order valence-electron chi connectivity index (χ1n) is 12.5. The second-order valence-electron chi connectivity index (χ2n) is 10.6. The van der Waals surface area contributed by atoms with Gasteiger partial charge in [0.2, 0.25) is 15.9 Å². The molecule has 0 unspecified atom stereocenters. The first kappa shape index (κ1) is 26.2. The van der Waals surface area contributed by atoms with Gasteiger partial charge >= 0.3 is 0 Å². The second-order valence-corrected chi connectivity index (χ2v) is 12.5. The highest BCUT2D eigenvalue weighted by Crippen LogP contribution is 2.38. The van der Waals surface area contributed by atoms with Crippen LogP contribution in [-0.2, 0) is 14.8 Å². The third kappa shape index (κ3) is 5.42. The van der Waals surface area contributed by atoms with Crippen LogP contribution in [0.3, 0.4) is 0 Å². The van der Waals surface area contributed by atoms with Gasteiger partial charge in [-0.05, 0) is 81.5 Å². The number of sulfonamides is 1. The minimum absolute atomic E-state index is 0.0137. The van der Waals surface area contributed by atoms with Gasteiger partial charge in [-0.1, -0.05) is 13.8 Å². The SMILES string of the molecule is CC(C)CCN1C(=O)C(C)(C)COc2ccc(NC(=O)c3ccc(S(=O)(=O)N4CCCC4)cc3)cc21. The molecule has 1 fully saturated rings. The number of benzene rings is 2. The smallest absolute Gasteiger partial charge is 0.255 e. The largest absolute Gasteiger partial charge is 0.490 e. The zero-order valence-electron chi connectivity index (χ0n) is 21.4. The molecule has 8 nitrogen and oxygen atoms in total. The molecule has 9 heteroatoms. The molecule has 0 aromatic heterocycles. The number of rotatable bonds is 7. The normalized spacial score (nSPS) is 18.0. The number of nitrogens with one attached hydrogen (secondary N) is 1. The van der Waals surface area contributed by atoms with Crippen molar-refractivity contribution < 1.29 is 22.7 Å². The zero-order valence-corrected chi connectivity index (χ0v) is 22.2. The van der Waals surface area contributed by atoms with Crippen molar-refractivity contribution in [1.82, 2.24) is 4.31 Å². The Morgan fingerprint density at radius 2 is 1.75 bits per heavy atom. The molecule has 2 aromatic carbocycles. The standard InChI is InChI=1S/C27H35N3O5S/c1-19(2)13-16-30-23-17-21(9-12-24(23)35-18-27(3,4)26(30)32)28-25(31)20-7-10-22(11-8-20)36(33,34)29-14-5-6-15-29/h7-12,17,19H,5-6,13-16,18H2,1-4H3,(H,28,31). The lowest BCUT2D eigenvalue weighted by atomic mass is 9.92. The Bertz CT molecular complexity index is 1230. The zero-order chi connectivity index (χ0) is 26.1. The van der Waals surface area contributed by atoms with Crippen LogP contribution in [-0.4, -0.2) is 50.8 Å². The minimum Gasteiger partial charge on any atom is -0.490 e. The van der Waals surface area contributed by atoms with Crippen LogP contribution in [0.15, 0.2) is 47.4 Å². The van der Waals surface area contributed by atoms with E-state index in [4.69, 9.17) is 4.74 Å². The molecule has 0 bridgehead atoms. The van der Waals surface area contributed by atoms with Gasteiger partial charge in [0.15, 0.2) is 0 Å². The fraction of sp³-hybridized carbons (Fsp3) is 0.481. The van der Waals surface area contributed by atoms with Crippen molar-refractivity contribution in [2.24, 2.45) is 11.3 Å². The lowest BCUT2D eigenvalue weighted by molar-refractivity contribution is -0.127. The van der Waals surface area contributed by atoms with Crippen molar-refractivity contribution in [3.8, 4) is 5.75 Å². The summed E-state index contributed by atoms with van der Waals surface area (Å²) >= 11 is 0. The van der Waals surface area contributed by atoms with Gasteiger partial charge in [-0.2, -0.15) is 4.31 Å². The average Bonchev–Trinajstić information content (AvgIpc) is 3.37. The highest BCUT2D eigenvalue weighted by Gasteiger charge is 2.37. The van der Waals surface area contributed by atoms with Crippen molar-refractivity contribution in [1.29, 1.82) is 0 Å². The summed E-state index contributed by atoms with van der Waals surface area (Å²) in [7, 11) is -3.54. The Balaban J connectivity index is 1.54. The van der Waals surface area contributed by atoms with E-state index in [9.17, 15) is 18.0 Å². The maximum absolute atomic E-state index is 13.3. The van der Waals surface area contributed by atoms with Gasteiger partial charge < -0.3 is 15.0 Å². The van der Waals surface area contributed by atoms with Gasteiger partial charge in [0.25, 0.3) is 5.91 Å². The highest BCUT2D eigenvalue weighted by atomic mass is 32.2. The van der Waals surface area contributed by atoms with Gasteiger partial charge in [-0.3, -0.25) is 9.59 Å². The number of ether oxygens (including phenoxy) is 1. The summed E-state index contributed by atoms with van der Waals surface area (Å²) in [5.74, 6) is 0.649. The molecule has 2 amide bonds. The van der Waals surface area contributed by atoms with Gasteiger partial charge in [-0.25, -0.2) is 8.42 Å². The first-order chi connectivity index (χ1) is 17.0. The molecule has 2 aliphatic heterocycles. The topological polar surface area (TPSA) is 96.0 Å². The monoisotopic (exact) mass is 513 g/mol. The molecule has 2 aliphatic rings. The number of hydrogen-bond acceptors (Lipinski definition) is 5. The Morgan fingerprint density at radius 3 is 2.39 bits per heavy atom. The molecule has 194 valence electrons. The Hall–Kier alpha value is -2.91. The first-order valence-corrected chi connectivity index (χ1v) is 13.9. The maximum Gasteiger partial charge on any atom is 0.255 e. The molecule has 0 aliphatic carbocycles. The molecule has 0 saturated carbocycles. The fourth-order valence-electron chi connectivity index (χ4n) is 4.39. The van der Waals surface area contributed by atoms with Crippen LogP contribution in [0.2, 0.25) is 0 Å². The number of anilines is 2. The number of carbonyl (C=O) groups excluding carboxylic acids is 2. The quantitative estimate of drug-likeness (QED) is 0.587. The number of carbonyl (C=O) groups is 2. The second kappa shape index (κ2) is 10.2. The lowest BCUT2D eigenvalue weighted by Crippen LogP contribution is -2.42. The maximum atomic E-state index is 13.3. The molecule has 1 saturated heterocycles. The van der Waals surface area contributed by atoms with E-state index in [1.807, 2.05) is 13.8 Å². The van der Waals surface area contributed by atoms with Crippen molar-refractivity contribution in [2.45, 2.75) is 51.9 Å². The van der Waals surface area contributed by atoms with Crippen LogP contribution in [0.1, 0.15) is 57.3 Å². The van der Waals surface area contributed by atoms with E-state index in [2.05, 4.69) is 19.2 Å². The molecule has 0 atom stereocenters. The van der Waals surface area contributed by atoms with Gasteiger partial charge in [0.1, 0.15) is 12.4 Å². The van der Waals surface area contributed by atoms with Crippen LogP contribution < -0.4 is 15.0 Å². The van der Waals surface area contributed by atoms with E-state index in [0.717, 1.165) is 19.3 Å². The molecular formula is C27H35N3O5S. The third-order valence-corrected chi connectivity index (χ3v) is 8.58. The summed E-state index contributed by atoms with van der Waals surface area (Å²) in [4.78, 5) is 28.2. The third-order valence-electron chi connectivity index (χ3n) is 6.67. The lowest BCUT2D eigenvalue weighted by Gasteiger charge is -2.28. The molecule has 1 N–H and O–H groups in total. The van der Waals surface area contributed by atoms with E-state index in [1.165, 1.54) is 28.6 Å². The van der Waals surface area contributed by atoms with Crippen LogP contribution in [0.5, 0.6) is 5.75 Å². The van der Waals surface area contributed by atoms with Crippen molar-refractivity contribution in [3.05, 3.63) is 48.0 Å². The van der Waals surface area contributed by atoms with E-state index in [0.29, 0.717) is 48.2 Å². The molecule has 4 rings (SSSR count). The fourth-order valence-corrected chi connectivity index (χ4v) is 5.91. The van der Waals surface area contributed by atoms with Crippen LogP contribution >= 0.6 is 0 Å². The van der Waals surface area contributed by atoms with Gasteiger partial charge in [-0.15, -0.1) is 0 Å². The minimum atomic E-state index is -3.54. The highest BCUT2D eigenvalue weighted by molar-refractivity contribution is 7.89. The predicted octanol–water partition coefficient (Wildman–Crippen LogP) is 4.52. The van der Waals surface area contributed by atoms with Crippen molar-refractivity contribution >= 4 is 33.2 Å². The summed E-state index contributed by atoms with van der Waals surface area (Å²) in [6.07, 6.45) is 2.57. The summed E-state index contributed by atoms with van der Waals surface area (Å²) in [5.41, 5.74) is 0.834. The van der Waals surface area contributed by atoms with E-state index >= 15 is 0 Å². The van der Waals surface area contributed by atoms with E-state index in [-0.39, 0.29) is 23.3 Å². The summed E-state index contributed by atoms with van der Waals surface area (Å²) in [5, 5.41) is 2.87. The summed E-state index contributed by atoms with van der Waals surface area (Å²) in [6, 6.07) is 11.3. The van der Waals surface area contributed by atoms with Crippen molar-refractivity contribution in [2.75, 3.05) is 36.5 Å². The van der Waals surface area contributed by atoms with Crippen LogP contribution in [0.4, 0.5) is 11.4 Å². The summed E-state index contributed by atoms with van der Waals surface area (Å²) < 4.78 is 32.9. The van der Waals surface area contributed by atoms with E-state index < -0.39 is 15.4 Å². The number of nitrogens with zero attached hydrogens (tertiary/aromatic N) is 2. The van der Waals surface area contributed by atoms with Gasteiger partial charge in [0.05, 0.1) is 16.0 Å². The summed E-state index contributed by atoms with van der Waals surface area (Å²) in [6.45, 7) is 9.86. The van der Waals surface area contributed by atoms with Crippen LogP contribution in [0, 0.1) is 11.3 Å². The number of hydrogen-bond donors (Lipinski definition) is 1. The van der Waals surface area contributed by atoms with Crippen LogP contribution in [0.25, 0.3) is 0 Å². The predicted molar refractivity (Wildman–Crippen MR) is 140 cm³/mol. The molecule has 0 radical (unpaired) electrons. The molecular weight excluding hydrogens is 478 g/mol. The molecule has 2 heterocycles. The Labute approximate surface area is 213 Å². The molecule has 0 spiro atoms. The Kier molecular flexibility index (Phi) is 7.43.